The van der Waals surface area contributed by atoms with Crippen molar-refractivity contribution in [2.24, 2.45) is 11.8 Å². The molecule has 1 aliphatic carbocycles. The first-order valence-corrected chi connectivity index (χ1v) is 7.73. The zero-order chi connectivity index (χ0) is 14.3. The molecular formula is C15H24N2O3. The summed E-state index contributed by atoms with van der Waals surface area (Å²) < 4.78 is 0. The molecule has 3 rings (SSSR count). The third-order valence-electron chi connectivity index (χ3n) is 4.73. The summed E-state index contributed by atoms with van der Waals surface area (Å²) in [4.78, 5) is 28.1. The lowest BCUT2D eigenvalue weighted by atomic mass is 9.94. The van der Waals surface area contributed by atoms with Gasteiger partial charge in [-0.3, -0.25) is 9.59 Å². The summed E-state index contributed by atoms with van der Waals surface area (Å²) in [6, 6.07) is 0. The Bertz CT molecular complexity index is 417. The molecule has 20 heavy (non-hydrogen) atoms. The van der Waals surface area contributed by atoms with E-state index in [1.165, 1.54) is 12.8 Å². The third-order valence-corrected chi connectivity index (χ3v) is 4.73. The van der Waals surface area contributed by atoms with Crippen molar-refractivity contribution in [3.63, 3.8) is 0 Å². The molecule has 2 aliphatic heterocycles. The fourth-order valence-corrected chi connectivity index (χ4v) is 3.39. The molecule has 2 atom stereocenters. The summed E-state index contributed by atoms with van der Waals surface area (Å²) in [5.41, 5.74) is -0.774. The van der Waals surface area contributed by atoms with Crippen LogP contribution in [0.3, 0.4) is 0 Å². The topological polar surface area (TPSA) is 60.9 Å². The SMILES string of the molecule is CC1(O)CCCN(C(=O)C2CC(=O)N(CC3CC3)C2)C1. The van der Waals surface area contributed by atoms with Crippen molar-refractivity contribution >= 4 is 11.8 Å². The number of carbonyl (C=O) groups is 2. The maximum absolute atomic E-state index is 12.5. The number of hydrogen-bond donors (Lipinski definition) is 1. The van der Waals surface area contributed by atoms with Crippen LogP contribution in [0.5, 0.6) is 0 Å². The Morgan fingerprint density at radius 2 is 2.20 bits per heavy atom. The highest BCUT2D eigenvalue weighted by Gasteiger charge is 2.40. The molecule has 2 heterocycles. The Morgan fingerprint density at radius 1 is 1.45 bits per heavy atom. The fraction of sp³-hybridized carbons (Fsp3) is 0.867. The van der Waals surface area contributed by atoms with Gasteiger partial charge in [-0.25, -0.2) is 0 Å². The van der Waals surface area contributed by atoms with E-state index in [1.54, 1.807) is 11.8 Å². The molecule has 2 unspecified atom stereocenters. The van der Waals surface area contributed by atoms with Gasteiger partial charge in [0.15, 0.2) is 0 Å². The summed E-state index contributed by atoms with van der Waals surface area (Å²) >= 11 is 0. The average molecular weight is 280 g/mol. The normalized spacial score (nSPS) is 34.7. The Kier molecular flexibility index (Phi) is 3.48. The number of β-amino-alcohol motifs (C(OH)–C–C–N with tert-alkyl or cyclic N) is 1. The van der Waals surface area contributed by atoms with E-state index >= 15 is 0 Å². The summed E-state index contributed by atoms with van der Waals surface area (Å²) in [6.07, 6.45) is 4.37. The monoisotopic (exact) mass is 280 g/mol. The minimum atomic E-state index is -0.774. The number of carbonyl (C=O) groups excluding carboxylic acids is 2. The first kappa shape index (κ1) is 13.9. The summed E-state index contributed by atoms with van der Waals surface area (Å²) in [7, 11) is 0. The van der Waals surface area contributed by atoms with Gasteiger partial charge < -0.3 is 14.9 Å². The van der Waals surface area contributed by atoms with Crippen LogP contribution >= 0.6 is 0 Å². The Hall–Kier alpha value is -1.10. The van der Waals surface area contributed by atoms with Gasteiger partial charge in [-0.05, 0) is 38.5 Å². The van der Waals surface area contributed by atoms with Gasteiger partial charge in [0.2, 0.25) is 11.8 Å². The van der Waals surface area contributed by atoms with E-state index in [1.807, 2.05) is 4.90 Å². The molecule has 5 nitrogen and oxygen atoms in total. The zero-order valence-electron chi connectivity index (χ0n) is 12.2. The predicted octanol–water partition coefficient (Wildman–Crippen LogP) is 0.618. The highest BCUT2D eigenvalue weighted by atomic mass is 16.3. The lowest BCUT2D eigenvalue weighted by Gasteiger charge is -2.37. The molecule has 0 aromatic carbocycles. The molecule has 1 N–H and O–H groups in total. The van der Waals surface area contributed by atoms with Crippen LogP contribution < -0.4 is 0 Å². The number of likely N-dealkylation sites (tertiary alicyclic amines) is 2. The highest BCUT2D eigenvalue weighted by Crippen LogP contribution is 2.32. The zero-order valence-corrected chi connectivity index (χ0v) is 12.2. The summed E-state index contributed by atoms with van der Waals surface area (Å²) in [5.74, 6) is 0.648. The van der Waals surface area contributed by atoms with Crippen molar-refractivity contribution in [2.75, 3.05) is 26.2 Å². The van der Waals surface area contributed by atoms with Crippen LogP contribution in [0, 0.1) is 11.8 Å². The molecular weight excluding hydrogens is 256 g/mol. The van der Waals surface area contributed by atoms with Crippen LogP contribution in [-0.4, -0.2) is 58.5 Å². The number of nitrogens with zero attached hydrogens (tertiary/aromatic N) is 2. The van der Waals surface area contributed by atoms with Crippen LogP contribution in [0.1, 0.15) is 39.0 Å². The van der Waals surface area contributed by atoms with E-state index in [-0.39, 0.29) is 17.7 Å². The Balaban J connectivity index is 1.58. The standard InChI is InChI=1S/C15H24N2O3/c1-15(20)5-2-6-16(10-15)14(19)12-7-13(18)17(9-12)8-11-3-4-11/h11-12,20H,2-10H2,1H3. The molecule has 112 valence electrons. The lowest BCUT2D eigenvalue weighted by molar-refractivity contribution is -0.141. The van der Waals surface area contributed by atoms with Gasteiger partial charge in [0.1, 0.15) is 0 Å². The van der Waals surface area contributed by atoms with E-state index in [0.29, 0.717) is 32.0 Å². The fourth-order valence-electron chi connectivity index (χ4n) is 3.39. The molecule has 0 aromatic rings. The van der Waals surface area contributed by atoms with Crippen LogP contribution in [0.25, 0.3) is 0 Å². The van der Waals surface area contributed by atoms with Gasteiger partial charge in [-0.1, -0.05) is 0 Å². The number of hydrogen-bond acceptors (Lipinski definition) is 3. The second-order valence-corrected chi connectivity index (χ2v) is 7.00. The van der Waals surface area contributed by atoms with Crippen LogP contribution in [0.2, 0.25) is 0 Å². The van der Waals surface area contributed by atoms with Crippen molar-refractivity contribution in [2.45, 2.75) is 44.6 Å². The van der Waals surface area contributed by atoms with Crippen molar-refractivity contribution in [1.82, 2.24) is 9.80 Å². The number of rotatable bonds is 3. The van der Waals surface area contributed by atoms with E-state index in [9.17, 15) is 14.7 Å². The van der Waals surface area contributed by atoms with E-state index in [0.717, 1.165) is 19.4 Å². The number of aliphatic hydroxyl groups is 1. The van der Waals surface area contributed by atoms with Crippen molar-refractivity contribution < 1.29 is 14.7 Å². The molecule has 0 aromatic heterocycles. The molecule has 0 bridgehead atoms. The molecule has 3 fully saturated rings. The molecule has 2 amide bonds. The van der Waals surface area contributed by atoms with Crippen LogP contribution in [0.4, 0.5) is 0 Å². The van der Waals surface area contributed by atoms with Gasteiger partial charge >= 0.3 is 0 Å². The first-order valence-electron chi connectivity index (χ1n) is 7.73. The average Bonchev–Trinajstić information content (AvgIpc) is 3.11. The highest BCUT2D eigenvalue weighted by molar-refractivity contribution is 5.89. The second kappa shape index (κ2) is 5.02. The van der Waals surface area contributed by atoms with Crippen molar-refractivity contribution in [3.8, 4) is 0 Å². The first-order chi connectivity index (χ1) is 9.44. The number of amides is 2. The molecule has 0 radical (unpaired) electrons. The molecule has 0 spiro atoms. The molecule has 5 heteroatoms. The number of piperidine rings is 1. The maximum Gasteiger partial charge on any atom is 0.228 e. The molecule has 1 saturated carbocycles. The smallest absolute Gasteiger partial charge is 0.228 e. The summed E-state index contributed by atoms with van der Waals surface area (Å²) in [5, 5.41) is 10.1. The minimum Gasteiger partial charge on any atom is -0.388 e. The summed E-state index contributed by atoms with van der Waals surface area (Å²) in [6.45, 7) is 4.31. The third kappa shape index (κ3) is 2.97. The maximum atomic E-state index is 12.5. The van der Waals surface area contributed by atoms with Crippen LogP contribution in [0.15, 0.2) is 0 Å². The van der Waals surface area contributed by atoms with Gasteiger partial charge in [0.25, 0.3) is 0 Å². The largest absolute Gasteiger partial charge is 0.388 e. The van der Waals surface area contributed by atoms with Gasteiger partial charge in [0, 0.05) is 32.6 Å². The Labute approximate surface area is 119 Å². The van der Waals surface area contributed by atoms with Gasteiger partial charge in [-0.2, -0.15) is 0 Å². The van der Waals surface area contributed by atoms with E-state index in [4.69, 9.17) is 0 Å². The minimum absolute atomic E-state index is 0.0524. The van der Waals surface area contributed by atoms with Crippen LogP contribution in [-0.2, 0) is 9.59 Å². The molecule has 2 saturated heterocycles. The molecule has 3 aliphatic rings. The van der Waals surface area contributed by atoms with E-state index in [2.05, 4.69) is 0 Å². The quantitative estimate of drug-likeness (QED) is 0.824. The second-order valence-electron chi connectivity index (χ2n) is 7.00. The lowest BCUT2D eigenvalue weighted by Crippen LogP contribution is -2.50. The predicted molar refractivity (Wildman–Crippen MR) is 73.8 cm³/mol. The van der Waals surface area contributed by atoms with Gasteiger partial charge in [-0.15, -0.1) is 0 Å². The van der Waals surface area contributed by atoms with Gasteiger partial charge in [0.05, 0.1) is 11.5 Å². The van der Waals surface area contributed by atoms with E-state index < -0.39 is 5.60 Å². The van der Waals surface area contributed by atoms with Crippen molar-refractivity contribution in [3.05, 3.63) is 0 Å². The van der Waals surface area contributed by atoms with Crippen molar-refractivity contribution in [1.29, 1.82) is 0 Å². The Morgan fingerprint density at radius 3 is 2.85 bits per heavy atom.